The topological polar surface area (TPSA) is 32.8 Å². The van der Waals surface area contributed by atoms with Crippen LogP contribution in [0.4, 0.5) is 0 Å². The number of benzene rings is 3. The van der Waals surface area contributed by atoms with Gasteiger partial charge in [-0.3, -0.25) is 9.69 Å². The van der Waals surface area contributed by atoms with Crippen LogP contribution in [-0.2, 0) is 6.61 Å². The van der Waals surface area contributed by atoms with E-state index in [9.17, 15) is 4.79 Å². The van der Waals surface area contributed by atoms with Gasteiger partial charge in [0.1, 0.15) is 12.4 Å². The van der Waals surface area contributed by atoms with Gasteiger partial charge in [0.05, 0.1) is 0 Å². The number of piperidine rings is 1. The Morgan fingerprint density at radius 2 is 1.61 bits per heavy atom. The van der Waals surface area contributed by atoms with Crippen molar-refractivity contribution in [1.29, 1.82) is 0 Å². The van der Waals surface area contributed by atoms with Crippen LogP contribution < -0.4 is 4.74 Å². The van der Waals surface area contributed by atoms with Crippen molar-refractivity contribution in [3.05, 3.63) is 106 Å². The normalized spacial score (nSPS) is 16.4. The summed E-state index contributed by atoms with van der Waals surface area (Å²) in [6.45, 7) is 10.3. The van der Waals surface area contributed by atoms with Gasteiger partial charge >= 0.3 is 0 Å². The standard InChI is InChI=1S/C32H36N2O2/c1-4-33(5-2)32(35)26-15-16-29-30(21-26)36-22-27-13-9-10-14-28(27)31(29)25-17-19-34(20-18-25)23(3)24-11-7-6-8-12-24/h6-16,21,23H,4-5,17-20,22H2,1-3H3. The van der Waals surface area contributed by atoms with E-state index in [4.69, 9.17) is 4.74 Å². The van der Waals surface area contributed by atoms with Crippen LogP contribution in [0.15, 0.2) is 78.4 Å². The van der Waals surface area contributed by atoms with Crippen LogP contribution in [0.25, 0.3) is 5.57 Å². The molecule has 186 valence electrons. The average Bonchev–Trinajstić information content (AvgIpc) is 3.10. The number of ether oxygens (including phenoxy) is 1. The Morgan fingerprint density at radius 1 is 0.917 bits per heavy atom. The van der Waals surface area contributed by atoms with E-state index in [1.165, 1.54) is 27.8 Å². The quantitative estimate of drug-likeness (QED) is 0.406. The molecule has 0 aliphatic carbocycles. The fourth-order valence-corrected chi connectivity index (χ4v) is 5.62. The lowest BCUT2D eigenvalue weighted by atomic mass is 9.86. The lowest BCUT2D eigenvalue weighted by Gasteiger charge is -2.35. The van der Waals surface area contributed by atoms with Crippen molar-refractivity contribution in [2.24, 2.45) is 0 Å². The minimum absolute atomic E-state index is 0.0607. The molecule has 3 aromatic rings. The van der Waals surface area contributed by atoms with E-state index in [1.54, 1.807) is 0 Å². The molecule has 36 heavy (non-hydrogen) atoms. The summed E-state index contributed by atoms with van der Waals surface area (Å²) in [7, 11) is 0. The van der Waals surface area contributed by atoms with Crippen LogP contribution in [0.1, 0.15) is 72.3 Å². The highest BCUT2D eigenvalue weighted by Gasteiger charge is 2.27. The minimum Gasteiger partial charge on any atom is -0.488 e. The number of amides is 1. The smallest absolute Gasteiger partial charge is 0.253 e. The fourth-order valence-electron chi connectivity index (χ4n) is 5.62. The van der Waals surface area contributed by atoms with Gasteiger partial charge in [-0.1, -0.05) is 60.2 Å². The van der Waals surface area contributed by atoms with Gasteiger partial charge in [0.2, 0.25) is 0 Å². The molecule has 0 spiro atoms. The Morgan fingerprint density at radius 3 is 2.33 bits per heavy atom. The number of rotatable bonds is 5. The molecule has 2 heterocycles. The molecule has 2 aliphatic heterocycles. The van der Waals surface area contributed by atoms with E-state index in [1.807, 2.05) is 30.9 Å². The van der Waals surface area contributed by atoms with Crippen molar-refractivity contribution in [1.82, 2.24) is 9.80 Å². The number of carbonyl (C=O) groups is 1. The Balaban J connectivity index is 1.50. The number of hydrogen-bond donors (Lipinski definition) is 0. The lowest BCUT2D eigenvalue weighted by molar-refractivity contribution is 0.0772. The number of fused-ring (bicyclic) bond motifs is 2. The molecule has 1 unspecified atom stereocenters. The first-order valence-electron chi connectivity index (χ1n) is 13.3. The summed E-state index contributed by atoms with van der Waals surface area (Å²) in [5.41, 5.74) is 8.42. The first-order valence-corrected chi connectivity index (χ1v) is 13.3. The van der Waals surface area contributed by atoms with Gasteiger partial charge < -0.3 is 9.64 Å². The summed E-state index contributed by atoms with van der Waals surface area (Å²) < 4.78 is 6.34. The Kier molecular flexibility index (Phi) is 7.24. The van der Waals surface area contributed by atoms with Gasteiger partial charge in [-0.15, -0.1) is 0 Å². The Labute approximate surface area is 215 Å². The number of hydrogen-bond acceptors (Lipinski definition) is 3. The molecule has 1 fully saturated rings. The van der Waals surface area contributed by atoms with E-state index < -0.39 is 0 Å². The Bertz CT molecular complexity index is 1250. The molecule has 3 aromatic carbocycles. The largest absolute Gasteiger partial charge is 0.488 e. The third-order valence-corrected chi connectivity index (χ3v) is 7.80. The highest BCUT2D eigenvalue weighted by molar-refractivity contribution is 5.96. The summed E-state index contributed by atoms with van der Waals surface area (Å²) in [5.74, 6) is 0.873. The van der Waals surface area contributed by atoms with Crippen LogP contribution in [0.2, 0.25) is 0 Å². The zero-order valence-electron chi connectivity index (χ0n) is 21.7. The van der Waals surface area contributed by atoms with Crippen molar-refractivity contribution in [3.63, 3.8) is 0 Å². The number of carbonyl (C=O) groups excluding carboxylic acids is 1. The maximum Gasteiger partial charge on any atom is 0.253 e. The van der Waals surface area contributed by atoms with Crippen molar-refractivity contribution in [2.45, 2.75) is 46.3 Å². The maximum atomic E-state index is 13.0. The van der Waals surface area contributed by atoms with E-state index in [0.717, 1.165) is 37.2 Å². The molecule has 4 nitrogen and oxygen atoms in total. The second kappa shape index (κ2) is 10.7. The van der Waals surface area contributed by atoms with Crippen LogP contribution >= 0.6 is 0 Å². The molecule has 0 bridgehead atoms. The second-order valence-corrected chi connectivity index (χ2v) is 9.74. The lowest BCUT2D eigenvalue weighted by Crippen LogP contribution is -2.33. The molecule has 1 atom stereocenters. The van der Waals surface area contributed by atoms with E-state index in [0.29, 0.717) is 31.3 Å². The molecular formula is C32H36N2O2. The highest BCUT2D eigenvalue weighted by Crippen LogP contribution is 2.42. The van der Waals surface area contributed by atoms with Crippen LogP contribution in [0.5, 0.6) is 5.75 Å². The van der Waals surface area contributed by atoms with Crippen molar-refractivity contribution in [3.8, 4) is 5.75 Å². The number of nitrogens with zero attached hydrogens (tertiary/aromatic N) is 2. The molecule has 0 aromatic heterocycles. The van der Waals surface area contributed by atoms with Gasteiger partial charge in [0.15, 0.2) is 0 Å². The van der Waals surface area contributed by atoms with Crippen LogP contribution in [0.3, 0.4) is 0 Å². The van der Waals surface area contributed by atoms with Gasteiger partial charge in [-0.25, -0.2) is 0 Å². The van der Waals surface area contributed by atoms with Crippen LogP contribution in [-0.4, -0.2) is 41.9 Å². The SMILES string of the molecule is CCN(CC)C(=O)c1ccc2c(c1)OCc1ccccc1C2=C1CCN(C(C)c2ccccc2)CC1. The summed E-state index contributed by atoms with van der Waals surface area (Å²) in [6, 6.07) is 25.8. The zero-order chi connectivity index (χ0) is 25.1. The van der Waals surface area contributed by atoms with Crippen molar-refractivity contribution < 1.29 is 9.53 Å². The molecule has 0 N–H and O–H groups in total. The van der Waals surface area contributed by atoms with Gasteiger partial charge in [-0.05, 0) is 74.1 Å². The summed E-state index contributed by atoms with van der Waals surface area (Å²) in [5, 5.41) is 0. The highest BCUT2D eigenvalue weighted by atomic mass is 16.5. The molecule has 1 saturated heterocycles. The fraction of sp³-hybridized carbons (Fsp3) is 0.344. The molecule has 1 amide bonds. The molecule has 4 heteroatoms. The molecular weight excluding hydrogens is 444 g/mol. The monoisotopic (exact) mass is 480 g/mol. The third kappa shape index (κ3) is 4.70. The molecule has 0 radical (unpaired) electrons. The van der Waals surface area contributed by atoms with Gasteiger partial charge in [0, 0.05) is 43.3 Å². The maximum absolute atomic E-state index is 13.0. The van der Waals surface area contributed by atoms with Crippen LogP contribution in [0, 0.1) is 0 Å². The molecule has 0 saturated carbocycles. The first kappa shape index (κ1) is 24.3. The van der Waals surface area contributed by atoms with Gasteiger partial charge in [-0.2, -0.15) is 0 Å². The summed E-state index contributed by atoms with van der Waals surface area (Å²) in [4.78, 5) is 17.5. The third-order valence-electron chi connectivity index (χ3n) is 7.80. The first-order chi connectivity index (χ1) is 17.6. The van der Waals surface area contributed by atoms with Crippen molar-refractivity contribution >= 4 is 11.5 Å². The average molecular weight is 481 g/mol. The van der Waals surface area contributed by atoms with E-state index in [2.05, 4.69) is 72.5 Å². The zero-order valence-corrected chi connectivity index (χ0v) is 21.7. The Hall–Kier alpha value is -3.37. The second-order valence-electron chi connectivity index (χ2n) is 9.74. The predicted molar refractivity (Wildman–Crippen MR) is 146 cm³/mol. The number of likely N-dealkylation sites (tertiary alicyclic amines) is 1. The summed E-state index contributed by atoms with van der Waals surface area (Å²) >= 11 is 0. The summed E-state index contributed by atoms with van der Waals surface area (Å²) in [6.07, 6.45) is 2.06. The van der Waals surface area contributed by atoms with E-state index >= 15 is 0 Å². The molecule has 5 rings (SSSR count). The van der Waals surface area contributed by atoms with Gasteiger partial charge in [0.25, 0.3) is 5.91 Å². The molecule has 2 aliphatic rings. The van der Waals surface area contributed by atoms with Crippen molar-refractivity contribution in [2.75, 3.05) is 26.2 Å². The predicted octanol–water partition coefficient (Wildman–Crippen LogP) is 6.72. The minimum atomic E-state index is 0.0607. The van der Waals surface area contributed by atoms with E-state index in [-0.39, 0.29) is 5.91 Å².